The van der Waals surface area contributed by atoms with E-state index in [4.69, 9.17) is 4.74 Å². The molecule has 10 heteroatoms. The number of fused-ring (bicyclic) bond motifs is 1. The number of aromatic nitrogens is 4. The number of benzene rings is 1. The Kier molecular flexibility index (Phi) is 5.96. The Morgan fingerprint density at radius 1 is 1.24 bits per heavy atom. The number of hydrogen-bond acceptors (Lipinski definition) is 8. The molecule has 1 aromatic carbocycles. The standard InChI is InChI=1S/C23H28N6O4/c1-2-14-3-5-15(6-4-14)22(32)28-8-7-16(10-28)27-20-19-21(25-12-24-20)29(13-26-19)23-18(31)9-17(11-30)33-23/h3-6,12-13,16-18,23,30-31H,2,7-11H2,1H3,(H,24,25,27)/t16?,17-,18+,23+/m0/s1. The number of carbonyl (C=O) groups is 1. The highest BCUT2D eigenvalue weighted by molar-refractivity contribution is 5.94. The van der Waals surface area contributed by atoms with Crippen molar-refractivity contribution < 1.29 is 19.7 Å². The van der Waals surface area contributed by atoms with Crippen molar-refractivity contribution in [2.75, 3.05) is 25.0 Å². The maximum atomic E-state index is 12.9. The fraction of sp³-hybridized carbons (Fsp3) is 0.478. The van der Waals surface area contributed by atoms with Crippen molar-refractivity contribution in [3.8, 4) is 0 Å². The van der Waals surface area contributed by atoms with E-state index in [0.29, 0.717) is 42.1 Å². The number of likely N-dealkylation sites (tertiary alicyclic amines) is 1. The lowest BCUT2D eigenvalue weighted by Gasteiger charge is -2.18. The van der Waals surface area contributed by atoms with Gasteiger partial charge in [0.2, 0.25) is 0 Å². The molecule has 2 aliphatic rings. The molecule has 1 amide bonds. The first-order valence-electron chi connectivity index (χ1n) is 11.3. The predicted molar refractivity (Wildman–Crippen MR) is 121 cm³/mol. The van der Waals surface area contributed by atoms with Crippen molar-refractivity contribution in [1.29, 1.82) is 0 Å². The van der Waals surface area contributed by atoms with Crippen LogP contribution in [0.25, 0.3) is 11.2 Å². The molecule has 0 bridgehead atoms. The molecule has 3 N–H and O–H groups in total. The second-order valence-electron chi connectivity index (χ2n) is 8.61. The Morgan fingerprint density at radius 3 is 2.79 bits per heavy atom. The monoisotopic (exact) mass is 452 g/mol. The van der Waals surface area contributed by atoms with Gasteiger partial charge >= 0.3 is 0 Å². The number of anilines is 1. The number of nitrogens with one attached hydrogen (secondary N) is 1. The molecule has 1 unspecified atom stereocenters. The Labute approximate surface area is 191 Å². The first kappa shape index (κ1) is 21.7. The SMILES string of the molecule is CCc1ccc(C(=O)N2CCC(Nc3ncnc4c3ncn4[C@@H]3O[C@H](CO)C[C@H]3O)C2)cc1. The van der Waals surface area contributed by atoms with Gasteiger partial charge in [-0.2, -0.15) is 0 Å². The van der Waals surface area contributed by atoms with Crippen LogP contribution in [0.15, 0.2) is 36.9 Å². The molecule has 0 saturated carbocycles. The molecule has 10 nitrogen and oxygen atoms in total. The molecule has 2 fully saturated rings. The summed E-state index contributed by atoms with van der Waals surface area (Å²) in [6.45, 7) is 3.18. The zero-order valence-corrected chi connectivity index (χ0v) is 18.5. The van der Waals surface area contributed by atoms with Gasteiger partial charge in [-0.3, -0.25) is 9.36 Å². The molecule has 33 heavy (non-hydrogen) atoms. The summed E-state index contributed by atoms with van der Waals surface area (Å²) >= 11 is 0. The van der Waals surface area contributed by atoms with Crippen LogP contribution in [0, 0.1) is 0 Å². The summed E-state index contributed by atoms with van der Waals surface area (Å²) in [5.74, 6) is 0.612. The number of aryl methyl sites for hydroxylation is 1. The van der Waals surface area contributed by atoms with Crippen molar-refractivity contribution in [3.63, 3.8) is 0 Å². The van der Waals surface area contributed by atoms with Crippen molar-refractivity contribution in [2.24, 2.45) is 0 Å². The molecule has 2 saturated heterocycles. The molecular weight excluding hydrogens is 424 g/mol. The van der Waals surface area contributed by atoms with Crippen LogP contribution in [0.5, 0.6) is 0 Å². The topological polar surface area (TPSA) is 126 Å². The Bertz CT molecular complexity index is 1130. The Balaban J connectivity index is 1.29. The number of aliphatic hydroxyl groups is 2. The van der Waals surface area contributed by atoms with E-state index >= 15 is 0 Å². The number of rotatable bonds is 6. The van der Waals surface area contributed by atoms with Crippen molar-refractivity contribution in [2.45, 2.75) is 50.7 Å². The normalized spacial score (nSPS) is 25.1. The minimum Gasteiger partial charge on any atom is -0.394 e. The first-order chi connectivity index (χ1) is 16.1. The van der Waals surface area contributed by atoms with Crippen molar-refractivity contribution in [1.82, 2.24) is 24.4 Å². The van der Waals surface area contributed by atoms with Gasteiger partial charge in [-0.1, -0.05) is 19.1 Å². The Hall–Kier alpha value is -3.08. The molecule has 0 spiro atoms. The van der Waals surface area contributed by atoms with Gasteiger partial charge < -0.3 is 25.2 Å². The number of nitrogens with zero attached hydrogens (tertiary/aromatic N) is 5. The molecule has 2 aliphatic heterocycles. The summed E-state index contributed by atoms with van der Waals surface area (Å²) in [6, 6.07) is 7.83. The van der Waals surface area contributed by atoms with Gasteiger partial charge in [0, 0.05) is 31.1 Å². The summed E-state index contributed by atoms with van der Waals surface area (Å²) in [7, 11) is 0. The zero-order valence-electron chi connectivity index (χ0n) is 18.5. The number of hydrogen-bond donors (Lipinski definition) is 3. The van der Waals surface area contributed by atoms with E-state index in [2.05, 4.69) is 27.2 Å². The van der Waals surface area contributed by atoms with E-state index in [9.17, 15) is 15.0 Å². The van der Waals surface area contributed by atoms with Crippen LogP contribution in [0.1, 0.15) is 41.9 Å². The number of carbonyl (C=O) groups excluding carboxylic acids is 1. The zero-order chi connectivity index (χ0) is 22.9. The number of ether oxygens (including phenoxy) is 1. The van der Waals surface area contributed by atoms with E-state index in [1.54, 1.807) is 10.9 Å². The maximum Gasteiger partial charge on any atom is 0.253 e. The lowest BCUT2D eigenvalue weighted by Crippen LogP contribution is -2.31. The first-order valence-corrected chi connectivity index (χ1v) is 11.3. The Morgan fingerprint density at radius 2 is 2.06 bits per heavy atom. The minimum absolute atomic E-state index is 0.0323. The van der Waals surface area contributed by atoms with Gasteiger partial charge in [-0.05, 0) is 30.5 Å². The van der Waals surface area contributed by atoms with E-state index in [0.717, 1.165) is 12.8 Å². The summed E-state index contributed by atoms with van der Waals surface area (Å²) in [6.07, 6.45) is 3.28. The van der Waals surface area contributed by atoms with Gasteiger partial charge in [0.25, 0.3) is 5.91 Å². The smallest absolute Gasteiger partial charge is 0.253 e. The maximum absolute atomic E-state index is 12.9. The third-order valence-corrected chi connectivity index (χ3v) is 6.43. The summed E-state index contributed by atoms with van der Waals surface area (Å²) in [5.41, 5.74) is 3.02. The van der Waals surface area contributed by atoms with Crippen molar-refractivity contribution >= 4 is 22.9 Å². The highest BCUT2D eigenvalue weighted by Crippen LogP contribution is 2.32. The lowest BCUT2D eigenvalue weighted by molar-refractivity contribution is -0.0486. The van der Waals surface area contributed by atoms with E-state index < -0.39 is 18.4 Å². The number of imidazole rings is 1. The summed E-state index contributed by atoms with van der Waals surface area (Å²) in [4.78, 5) is 27.9. The number of aliphatic hydroxyl groups excluding tert-OH is 2. The summed E-state index contributed by atoms with van der Waals surface area (Å²) in [5, 5.41) is 23.1. The van der Waals surface area contributed by atoms with Crippen LogP contribution in [0.2, 0.25) is 0 Å². The molecule has 4 atom stereocenters. The molecule has 3 aromatic rings. The fourth-order valence-electron chi connectivity index (χ4n) is 4.56. The van der Waals surface area contributed by atoms with Crippen molar-refractivity contribution in [3.05, 3.63) is 48.0 Å². The summed E-state index contributed by atoms with van der Waals surface area (Å²) < 4.78 is 7.42. The number of amides is 1. The minimum atomic E-state index is -0.758. The van der Waals surface area contributed by atoms with Gasteiger partial charge in [0.15, 0.2) is 23.2 Å². The molecule has 174 valence electrons. The average molecular weight is 453 g/mol. The highest BCUT2D eigenvalue weighted by Gasteiger charge is 2.36. The van der Waals surface area contributed by atoms with E-state index in [1.165, 1.54) is 11.9 Å². The van der Waals surface area contributed by atoms with Gasteiger partial charge in [-0.25, -0.2) is 15.0 Å². The van der Waals surface area contributed by atoms with E-state index in [1.807, 2.05) is 29.2 Å². The van der Waals surface area contributed by atoms with Crippen LogP contribution in [-0.4, -0.2) is 78.5 Å². The molecule has 0 aliphatic carbocycles. The van der Waals surface area contributed by atoms with Crippen LogP contribution in [0.4, 0.5) is 5.82 Å². The van der Waals surface area contributed by atoms with Gasteiger partial charge in [0.05, 0.1) is 19.0 Å². The van der Waals surface area contributed by atoms with Gasteiger partial charge in [0.1, 0.15) is 12.4 Å². The van der Waals surface area contributed by atoms with Crippen LogP contribution in [-0.2, 0) is 11.2 Å². The molecular formula is C23H28N6O4. The third kappa shape index (κ3) is 4.17. The third-order valence-electron chi connectivity index (χ3n) is 6.43. The highest BCUT2D eigenvalue weighted by atomic mass is 16.5. The van der Waals surface area contributed by atoms with Crippen LogP contribution < -0.4 is 5.32 Å². The van der Waals surface area contributed by atoms with Gasteiger partial charge in [-0.15, -0.1) is 0 Å². The van der Waals surface area contributed by atoms with Crippen LogP contribution >= 0.6 is 0 Å². The fourth-order valence-corrected chi connectivity index (χ4v) is 4.56. The van der Waals surface area contributed by atoms with E-state index in [-0.39, 0.29) is 18.6 Å². The molecule has 4 heterocycles. The van der Waals surface area contributed by atoms with Crippen LogP contribution in [0.3, 0.4) is 0 Å². The molecule has 2 aromatic heterocycles. The quantitative estimate of drug-likeness (QED) is 0.512. The molecule has 0 radical (unpaired) electrons. The second kappa shape index (κ2) is 9.05. The predicted octanol–water partition coefficient (Wildman–Crippen LogP) is 1.36. The molecule has 5 rings (SSSR count). The average Bonchev–Trinajstić information content (AvgIpc) is 3.57. The second-order valence-corrected chi connectivity index (χ2v) is 8.61. The largest absolute Gasteiger partial charge is 0.394 e. The lowest BCUT2D eigenvalue weighted by atomic mass is 10.1.